The fraction of sp³-hybridized carbons (Fsp3) is 0.439. The van der Waals surface area contributed by atoms with Crippen molar-refractivity contribution in [2.45, 2.75) is 116 Å². The minimum atomic E-state index is -0.400. The molecule has 0 heterocycles. The number of carbonyl (C=O) groups is 1. The van der Waals surface area contributed by atoms with Crippen molar-refractivity contribution in [3.05, 3.63) is 108 Å². The zero-order chi connectivity index (χ0) is 32.0. The van der Waals surface area contributed by atoms with E-state index in [1.165, 1.54) is 120 Å². The van der Waals surface area contributed by atoms with Crippen LogP contribution in [-0.2, 0) is 0 Å². The maximum atomic E-state index is 13.1. The lowest BCUT2D eigenvalue weighted by Crippen LogP contribution is -2.24. The van der Waals surface area contributed by atoms with Crippen LogP contribution in [0.5, 0.6) is 11.5 Å². The molecule has 0 bridgehead atoms. The van der Waals surface area contributed by atoms with Crippen molar-refractivity contribution >= 4 is 17.9 Å². The predicted molar refractivity (Wildman–Crippen MR) is 187 cm³/mol. The van der Waals surface area contributed by atoms with Crippen LogP contribution in [0.25, 0.3) is 12.2 Å². The van der Waals surface area contributed by atoms with Crippen molar-refractivity contribution in [3.63, 3.8) is 0 Å². The van der Waals surface area contributed by atoms with E-state index in [1.807, 2.05) is 54.6 Å². The van der Waals surface area contributed by atoms with Gasteiger partial charge >= 0.3 is 0 Å². The Morgan fingerprint density at radius 2 is 1.09 bits per heavy atom. The highest BCUT2D eigenvalue weighted by Gasteiger charge is 2.13. The van der Waals surface area contributed by atoms with E-state index >= 15 is 0 Å². The van der Waals surface area contributed by atoms with Gasteiger partial charge in [0.2, 0.25) is 6.29 Å². The summed E-state index contributed by atoms with van der Waals surface area (Å²) in [7, 11) is 0. The van der Waals surface area contributed by atoms with Crippen LogP contribution in [-0.4, -0.2) is 12.1 Å². The first kappa shape index (κ1) is 35.8. The number of carbonyl (C=O) groups excluding carboxylic acids is 1. The minimum absolute atomic E-state index is 0.172. The molecule has 3 aromatic rings. The van der Waals surface area contributed by atoms with Gasteiger partial charge in [0, 0.05) is 12.0 Å². The largest absolute Gasteiger partial charge is 0.455 e. The highest BCUT2D eigenvalue weighted by molar-refractivity contribution is 6.06. The molecule has 45 heavy (non-hydrogen) atoms. The summed E-state index contributed by atoms with van der Waals surface area (Å²) in [5, 5.41) is 0. The second-order valence-electron chi connectivity index (χ2n) is 12.0. The SMILES string of the molecule is C=Cc1ccc(OC(CCCCCCCCCCCCCCCCC)Oc2ccc(C=CC(=O)c3ccc(F)cc3)cc2)cc1. The van der Waals surface area contributed by atoms with Gasteiger partial charge in [-0.1, -0.05) is 140 Å². The summed E-state index contributed by atoms with van der Waals surface area (Å²) in [6.07, 6.45) is 25.5. The van der Waals surface area contributed by atoms with Crippen molar-refractivity contribution in [1.29, 1.82) is 0 Å². The van der Waals surface area contributed by atoms with E-state index in [1.54, 1.807) is 6.08 Å². The molecule has 0 amide bonds. The molecule has 0 aromatic heterocycles. The molecule has 3 aromatic carbocycles. The fourth-order valence-corrected chi connectivity index (χ4v) is 5.35. The van der Waals surface area contributed by atoms with E-state index < -0.39 is 6.29 Å². The third kappa shape index (κ3) is 15.3. The smallest absolute Gasteiger partial charge is 0.241 e. The number of hydrogen-bond acceptors (Lipinski definition) is 3. The summed E-state index contributed by atoms with van der Waals surface area (Å²) in [6, 6.07) is 21.0. The van der Waals surface area contributed by atoms with Gasteiger partial charge in [-0.15, -0.1) is 0 Å². The van der Waals surface area contributed by atoms with Gasteiger partial charge in [0.15, 0.2) is 5.78 Å². The Morgan fingerprint density at radius 1 is 0.644 bits per heavy atom. The Kier molecular flexibility index (Phi) is 17.5. The number of ketones is 1. The number of hydrogen-bond donors (Lipinski definition) is 0. The van der Waals surface area contributed by atoms with Gasteiger partial charge in [-0.25, -0.2) is 4.39 Å². The average molecular weight is 613 g/mol. The maximum absolute atomic E-state index is 13.1. The van der Waals surface area contributed by atoms with Gasteiger partial charge in [0.1, 0.15) is 17.3 Å². The number of benzene rings is 3. The van der Waals surface area contributed by atoms with E-state index in [-0.39, 0.29) is 11.6 Å². The van der Waals surface area contributed by atoms with E-state index in [2.05, 4.69) is 13.5 Å². The number of ether oxygens (including phenoxy) is 2. The molecule has 0 N–H and O–H groups in total. The molecule has 0 saturated carbocycles. The molecular formula is C41H53FO3. The van der Waals surface area contributed by atoms with Gasteiger partial charge in [0.25, 0.3) is 0 Å². The summed E-state index contributed by atoms with van der Waals surface area (Å²) in [5.74, 6) is 0.952. The Labute approximate surface area is 271 Å². The monoisotopic (exact) mass is 612 g/mol. The number of rotatable bonds is 24. The third-order valence-corrected chi connectivity index (χ3v) is 8.13. The lowest BCUT2D eigenvalue weighted by molar-refractivity contribution is -0.00246. The van der Waals surface area contributed by atoms with Crippen LogP contribution in [0.15, 0.2) is 85.5 Å². The lowest BCUT2D eigenvalue weighted by atomic mass is 10.0. The van der Waals surface area contributed by atoms with Gasteiger partial charge in [0.05, 0.1) is 0 Å². The fourth-order valence-electron chi connectivity index (χ4n) is 5.35. The van der Waals surface area contributed by atoms with Crippen LogP contribution in [0.3, 0.4) is 0 Å². The predicted octanol–water partition coefficient (Wildman–Crippen LogP) is 12.4. The third-order valence-electron chi connectivity index (χ3n) is 8.13. The summed E-state index contributed by atoms with van der Waals surface area (Å²) < 4.78 is 25.7. The van der Waals surface area contributed by atoms with Crippen LogP contribution >= 0.6 is 0 Å². The van der Waals surface area contributed by atoms with Crippen molar-refractivity contribution in [2.75, 3.05) is 0 Å². The summed E-state index contributed by atoms with van der Waals surface area (Å²) in [4.78, 5) is 12.4. The van der Waals surface area contributed by atoms with E-state index in [0.717, 1.165) is 29.7 Å². The summed E-state index contributed by atoms with van der Waals surface area (Å²) >= 11 is 0. The van der Waals surface area contributed by atoms with Crippen molar-refractivity contribution < 1.29 is 18.7 Å². The number of halogens is 1. The van der Waals surface area contributed by atoms with Crippen molar-refractivity contribution in [3.8, 4) is 11.5 Å². The molecule has 242 valence electrons. The van der Waals surface area contributed by atoms with Gasteiger partial charge in [-0.2, -0.15) is 0 Å². The number of allylic oxidation sites excluding steroid dienone is 1. The molecule has 0 aliphatic rings. The van der Waals surface area contributed by atoms with E-state index in [0.29, 0.717) is 11.3 Å². The molecule has 3 nitrogen and oxygen atoms in total. The second kappa shape index (κ2) is 21.9. The van der Waals surface area contributed by atoms with Gasteiger partial charge in [-0.05, 0) is 72.2 Å². The van der Waals surface area contributed by atoms with Crippen LogP contribution in [0.1, 0.15) is 131 Å². The molecule has 0 fully saturated rings. The first-order chi connectivity index (χ1) is 22.1. The summed E-state index contributed by atoms with van der Waals surface area (Å²) in [6.45, 7) is 6.10. The maximum Gasteiger partial charge on any atom is 0.241 e. The van der Waals surface area contributed by atoms with Crippen LogP contribution in [0.4, 0.5) is 4.39 Å². The molecule has 0 aliphatic carbocycles. The Morgan fingerprint density at radius 3 is 1.56 bits per heavy atom. The van der Waals surface area contributed by atoms with Gasteiger partial charge in [-0.3, -0.25) is 4.79 Å². The zero-order valence-electron chi connectivity index (χ0n) is 27.4. The molecule has 1 atom stereocenters. The molecular weight excluding hydrogens is 559 g/mol. The Balaban J connectivity index is 1.40. The average Bonchev–Trinajstić information content (AvgIpc) is 3.06. The van der Waals surface area contributed by atoms with Crippen LogP contribution in [0, 0.1) is 5.82 Å². The van der Waals surface area contributed by atoms with Crippen molar-refractivity contribution in [1.82, 2.24) is 0 Å². The zero-order valence-corrected chi connectivity index (χ0v) is 27.4. The quantitative estimate of drug-likeness (QED) is 0.0437. The van der Waals surface area contributed by atoms with Crippen molar-refractivity contribution in [2.24, 2.45) is 0 Å². The van der Waals surface area contributed by atoms with Crippen LogP contribution < -0.4 is 9.47 Å². The molecule has 1 unspecified atom stereocenters. The minimum Gasteiger partial charge on any atom is -0.455 e. The first-order valence-corrected chi connectivity index (χ1v) is 17.2. The normalized spacial score (nSPS) is 11.9. The highest BCUT2D eigenvalue weighted by atomic mass is 19.1. The molecule has 4 heteroatoms. The van der Waals surface area contributed by atoms with E-state index in [9.17, 15) is 9.18 Å². The second-order valence-corrected chi connectivity index (χ2v) is 12.0. The van der Waals surface area contributed by atoms with Gasteiger partial charge < -0.3 is 9.47 Å². The Hall–Kier alpha value is -3.66. The number of unbranched alkanes of at least 4 members (excludes halogenated alkanes) is 14. The lowest BCUT2D eigenvalue weighted by Gasteiger charge is -2.21. The Bertz CT molecular complexity index is 1250. The first-order valence-electron chi connectivity index (χ1n) is 17.2. The summed E-state index contributed by atoms with van der Waals surface area (Å²) in [5.41, 5.74) is 2.37. The molecule has 0 spiro atoms. The van der Waals surface area contributed by atoms with Crippen LogP contribution in [0.2, 0.25) is 0 Å². The standard InChI is InChI=1S/C41H53FO3/c1-3-5-6-7-8-9-10-11-12-13-14-15-16-17-18-19-41(44-38-29-20-34(4-2)21-30-38)45-39-31-22-35(23-32-39)24-33-40(43)36-25-27-37(42)28-26-36/h4,20-33,41H,2-3,5-19H2,1H3. The van der Waals surface area contributed by atoms with E-state index in [4.69, 9.17) is 9.47 Å². The molecule has 0 radical (unpaired) electrons. The topological polar surface area (TPSA) is 35.5 Å². The molecule has 3 rings (SSSR count). The highest BCUT2D eigenvalue weighted by Crippen LogP contribution is 2.22. The molecule has 0 aliphatic heterocycles. The molecule has 0 saturated heterocycles.